The minimum atomic E-state index is -0.508. The molecule has 27 heavy (non-hydrogen) atoms. The van der Waals surface area contributed by atoms with Crippen LogP contribution < -0.4 is 11.1 Å². The summed E-state index contributed by atoms with van der Waals surface area (Å²) in [6, 6.07) is 14.1. The lowest BCUT2D eigenvalue weighted by atomic mass is 9.94. The molecule has 136 valence electrons. The number of allylic oxidation sites excluding steroid dienone is 1. The van der Waals surface area contributed by atoms with Crippen molar-refractivity contribution in [3.05, 3.63) is 70.9 Å². The molecule has 1 unspecified atom stereocenters. The van der Waals surface area contributed by atoms with Gasteiger partial charge in [0.2, 0.25) is 11.9 Å². The number of benzene rings is 2. The van der Waals surface area contributed by atoms with Crippen LogP contribution in [-0.4, -0.2) is 25.8 Å². The molecule has 0 fully saturated rings. The predicted molar refractivity (Wildman–Crippen MR) is 102 cm³/mol. The van der Waals surface area contributed by atoms with Crippen LogP contribution in [0.2, 0.25) is 0 Å². The quantitative estimate of drug-likeness (QED) is 0.665. The standard InChI is InChI=1S/C20H19N5O2/c1-11-5-3-6-13(9-11)17-16(18(21)27)12(2)22-20-23-19(24-25(17)20)14-7-4-8-15(26)10-14/h3-10,17,26H,1-2H3,(H2,21,27)(H,22,23,24). The van der Waals surface area contributed by atoms with E-state index in [0.29, 0.717) is 28.6 Å². The molecule has 1 atom stereocenters. The van der Waals surface area contributed by atoms with Gasteiger partial charge in [0.25, 0.3) is 0 Å². The average molecular weight is 361 g/mol. The molecule has 1 amide bonds. The van der Waals surface area contributed by atoms with Crippen molar-refractivity contribution in [1.29, 1.82) is 0 Å². The summed E-state index contributed by atoms with van der Waals surface area (Å²) in [6.07, 6.45) is 0. The van der Waals surface area contributed by atoms with Crippen LogP contribution in [0.5, 0.6) is 5.75 Å². The number of nitrogens with two attached hydrogens (primary N) is 1. The van der Waals surface area contributed by atoms with Crippen LogP contribution >= 0.6 is 0 Å². The van der Waals surface area contributed by atoms with Crippen molar-refractivity contribution >= 4 is 11.9 Å². The summed E-state index contributed by atoms with van der Waals surface area (Å²) >= 11 is 0. The van der Waals surface area contributed by atoms with Crippen LogP contribution in [0, 0.1) is 6.92 Å². The van der Waals surface area contributed by atoms with Crippen molar-refractivity contribution in [3.8, 4) is 17.1 Å². The molecule has 3 aromatic rings. The van der Waals surface area contributed by atoms with E-state index in [-0.39, 0.29) is 5.75 Å². The van der Waals surface area contributed by atoms with Crippen molar-refractivity contribution in [3.63, 3.8) is 0 Å². The monoisotopic (exact) mass is 361 g/mol. The first-order chi connectivity index (χ1) is 12.9. The number of primary amides is 1. The lowest BCUT2D eigenvalue weighted by Crippen LogP contribution is -2.31. The number of carbonyl (C=O) groups excluding carboxylic acids is 1. The van der Waals surface area contributed by atoms with E-state index in [1.54, 1.807) is 29.8 Å². The highest BCUT2D eigenvalue weighted by Crippen LogP contribution is 2.36. The third-order valence-electron chi connectivity index (χ3n) is 4.58. The molecule has 0 bridgehead atoms. The summed E-state index contributed by atoms with van der Waals surface area (Å²) < 4.78 is 1.67. The highest BCUT2D eigenvalue weighted by Gasteiger charge is 2.33. The van der Waals surface area contributed by atoms with Gasteiger partial charge in [0.1, 0.15) is 11.8 Å². The maximum atomic E-state index is 12.2. The summed E-state index contributed by atoms with van der Waals surface area (Å²) in [4.78, 5) is 16.7. The van der Waals surface area contributed by atoms with Crippen molar-refractivity contribution in [2.75, 3.05) is 5.32 Å². The first kappa shape index (κ1) is 16.8. The molecule has 0 saturated carbocycles. The molecule has 1 aliphatic heterocycles. The minimum Gasteiger partial charge on any atom is -0.508 e. The lowest BCUT2D eigenvalue weighted by molar-refractivity contribution is -0.115. The number of anilines is 1. The van der Waals surface area contributed by atoms with Crippen LogP contribution in [0.15, 0.2) is 59.8 Å². The number of phenols is 1. The lowest BCUT2D eigenvalue weighted by Gasteiger charge is -2.27. The molecular formula is C20H19N5O2. The van der Waals surface area contributed by atoms with Crippen molar-refractivity contribution < 1.29 is 9.90 Å². The molecule has 2 aromatic carbocycles. The second kappa shape index (κ2) is 6.28. The van der Waals surface area contributed by atoms with Gasteiger partial charge < -0.3 is 16.2 Å². The van der Waals surface area contributed by atoms with Crippen LogP contribution in [0.4, 0.5) is 5.95 Å². The average Bonchev–Trinajstić information content (AvgIpc) is 3.03. The maximum absolute atomic E-state index is 12.2. The molecule has 2 heterocycles. The molecule has 4 N–H and O–H groups in total. The van der Waals surface area contributed by atoms with Crippen molar-refractivity contribution in [2.45, 2.75) is 19.9 Å². The SMILES string of the molecule is CC1=C(C(N)=O)C(c2cccc(C)c2)n2nc(-c3cccc(O)c3)nc2N1. The van der Waals surface area contributed by atoms with Crippen molar-refractivity contribution in [1.82, 2.24) is 14.8 Å². The first-order valence-corrected chi connectivity index (χ1v) is 8.54. The van der Waals surface area contributed by atoms with Gasteiger partial charge in [-0.2, -0.15) is 4.98 Å². The topological polar surface area (TPSA) is 106 Å². The molecule has 7 heteroatoms. The fourth-order valence-electron chi connectivity index (χ4n) is 3.39. The van der Waals surface area contributed by atoms with E-state index in [2.05, 4.69) is 15.4 Å². The Hall–Kier alpha value is -3.61. The van der Waals surface area contributed by atoms with E-state index in [4.69, 9.17) is 5.73 Å². The second-order valence-electron chi connectivity index (χ2n) is 6.60. The van der Waals surface area contributed by atoms with Gasteiger partial charge >= 0.3 is 0 Å². The third-order valence-corrected chi connectivity index (χ3v) is 4.58. The molecule has 0 saturated heterocycles. The number of aromatic hydroxyl groups is 1. The van der Waals surface area contributed by atoms with E-state index >= 15 is 0 Å². The van der Waals surface area contributed by atoms with Gasteiger partial charge in [-0.1, -0.05) is 42.0 Å². The summed E-state index contributed by atoms with van der Waals surface area (Å²) in [5, 5.41) is 17.5. The van der Waals surface area contributed by atoms with Gasteiger partial charge in [-0.3, -0.25) is 4.79 Å². The fraction of sp³-hybridized carbons (Fsp3) is 0.150. The van der Waals surface area contributed by atoms with Gasteiger partial charge in [-0.25, -0.2) is 4.68 Å². The highest BCUT2D eigenvalue weighted by molar-refractivity contribution is 5.95. The Balaban J connectivity index is 1.90. The maximum Gasteiger partial charge on any atom is 0.248 e. The van der Waals surface area contributed by atoms with Crippen LogP contribution in [0.3, 0.4) is 0 Å². The zero-order chi connectivity index (χ0) is 19.1. The van der Waals surface area contributed by atoms with Crippen LogP contribution in [0.25, 0.3) is 11.4 Å². The van der Waals surface area contributed by atoms with Gasteiger partial charge in [0.15, 0.2) is 5.82 Å². The highest BCUT2D eigenvalue weighted by atomic mass is 16.3. The number of nitrogens with zero attached hydrogens (tertiary/aromatic N) is 3. The van der Waals surface area contributed by atoms with Crippen LogP contribution in [-0.2, 0) is 4.79 Å². The largest absolute Gasteiger partial charge is 0.508 e. The molecule has 1 aliphatic rings. The molecule has 1 aromatic heterocycles. The Morgan fingerprint density at radius 3 is 2.67 bits per heavy atom. The Morgan fingerprint density at radius 1 is 1.19 bits per heavy atom. The summed E-state index contributed by atoms with van der Waals surface area (Å²) in [5.74, 6) is 0.592. The van der Waals surface area contributed by atoms with E-state index in [1.807, 2.05) is 37.3 Å². The van der Waals surface area contributed by atoms with Crippen LogP contribution in [0.1, 0.15) is 24.1 Å². The Morgan fingerprint density at radius 2 is 1.96 bits per heavy atom. The van der Waals surface area contributed by atoms with Gasteiger partial charge in [-0.15, -0.1) is 5.10 Å². The number of fused-ring (bicyclic) bond motifs is 1. The first-order valence-electron chi connectivity index (χ1n) is 8.54. The third kappa shape index (κ3) is 2.93. The molecule has 0 spiro atoms. The number of nitrogens with one attached hydrogen (secondary N) is 1. The number of phenolic OH excluding ortho intramolecular Hbond substituents is 1. The number of aryl methyl sites for hydroxylation is 1. The number of aromatic nitrogens is 3. The number of amides is 1. The van der Waals surface area contributed by atoms with E-state index in [0.717, 1.165) is 11.1 Å². The molecule has 4 rings (SSSR count). The van der Waals surface area contributed by atoms with Crippen molar-refractivity contribution in [2.24, 2.45) is 5.73 Å². The predicted octanol–water partition coefficient (Wildman–Crippen LogP) is 2.73. The van der Waals surface area contributed by atoms with E-state index in [1.165, 1.54) is 0 Å². The fourth-order valence-corrected chi connectivity index (χ4v) is 3.39. The minimum absolute atomic E-state index is 0.135. The Kier molecular flexibility index (Phi) is 3.92. The number of carbonyl (C=O) groups is 1. The molecule has 7 nitrogen and oxygen atoms in total. The molecule has 0 radical (unpaired) electrons. The van der Waals surface area contributed by atoms with E-state index in [9.17, 15) is 9.90 Å². The van der Waals surface area contributed by atoms with E-state index < -0.39 is 11.9 Å². The summed E-state index contributed by atoms with van der Waals surface area (Å²) in [5.41, 5.74) is 9.43. The normalized spacial score (nSPS) is 16.0. The number of hydrogen-bond acceptors (Lipinski definition) is 5. The van der Waals surface area contributed by atoms with Gasteiger partial charge in [0.05, 0.1) is 5.57 Å². The van der Waals surface area contributed by atoms with Gasteiger partial charge in [-0.05, 0) is 31.5 Å². The Bertz CT molecular complexity index is 1080. The zero-order valence-electron chi connectivity index (χ0n) is 15.0. The second-order valence-corrected chi connectivity index (χ2v) is 6.60. The number of hydrogen-bond donors (Lipinski definition) is 3. The molecular weight excluding hydrogens is 342 g/mol. The Labute approximate surface area is 156 Å². The molecule has 0 aliphatic carbocycles. The van der Waals surface area contributed by atoms with Gasteiger partial charge in [0, 0.05) is 11.3 Å². The smallest absolute Gasteiger partial charge is 0.248 e. The summed E-state index contributed by atoms with van der Waals surface area (Å²) in [7, 11) is 0. The zero-order valence-corrected chi connectivity index (χ0v) is 15.0. The summed E-state index contributed by atoms with van der Waals surface area (Å²) in [6.45, 7) is 3.79. The number of rotatable bonds is 3.